The lowest BCUT2D eigenvalue weighted by molar-refractivity contribution is 0.160. The van der Waals surface area contributed by atoms with Crippen molar-refractivity contribution in [2.24, 2.45) is 0 Å². The summed E-state index contributed by atoms with van der Waals surface area (Å²) in [6, 6.07) is 15.5. The number of allylic oxidation sites excluding steroid dienone is 1. The first kappa shape index (κ1) is 19.7. The van der Waals surface area contributed by atoms with Gasteiger partial charge in [-0.1, -0.05) is 29.8 Å². The van der Waals surface area contributed by atoms with E-state index in [1.807, 2.05) is 12.1 Å². The molecule has 0 saturated carbocycles. The van der Waals surface area contributed by atoms with Gasteiger partial charge in [0, 0.05) is 29.9 Å². The second-order valence-corrected chi connectivity index (χ2v) is 9.04. The second-order valence-electron chi connectivity index (χ2n) is 8.61. The van der Waals surface area contributed by atoms with E-state index in [9.17, 15) is 0 Å². The fourth-order valence-corrected chi connectivity index (χ4v) is 5.09. The summed E-state index contributed by atoms with van der Waals surface area (Å²) in [5.74, 6) is 0.645. The number of benzene rings is 2. The number of nitrogens with one attached hydrogen (secondary N) is 3. The topological polar surface area (TPSA) is 42.6 Å². The van der Waals surface area contributed by atoms with Gasteiger partial charge in [0.05, 0.1) is 17.4 Å². The minimum atomic E-state index is 0.251. The van der Waals surface area contributed by atoms with Crippen molar-refractivity contribution in [1.82, 2.24) is 20.9 Å². The fourth-order valence-electron chi connectivity index (χ4n) is 4.97. The van der Waals surface area contributed by atoms with Crippen molar-refractivity contribution in [1.29, 1.82) is 0 Å². The minimum absolute atomic E-state index is 0.251. The lowest BCUT2D eigenvalue weighted by atomic mass is 9.86. The van der Waals surface area contributed by atoms with E-state index in [2.05, 4.69) is 70.5 Å². The maximum Gasteiger partial charge on any atom is 0.0816 e. The van der Waals surface area contributed by atoms with Crippen LogP contribution in [0.2, 0.25) is 5.02 Å². The van der Waals surface area contributed by atoms with Crippen molar-refractivity contribution in [2.75, 3.05) is 32.0 Å². The molecule has 1 saturated heterocycles. The van der Waals surface area contributed by atoms with Crippen LogP contribution in [0.25, 0.3) is 5.70 Å². The zero-order valence-electron chi connectivity index (χ0n) is 17.7. The smallest absolute Gasteiger partial charge is 0.0816 e. The van der Waals surface area contributed by atoms with Crippen molar-refractivity contribution >= 4 is 23.0 Å². The Balaban J connectivity index is 1.56. The first-order chi connectivity index (χ1) is 14.6. The Morgan fingerprint density at radius 1 is 1.03 bits per heavy atom. The molecule has 5 nitrogen and oxygen atoms in total. The van der Waals surface area contributed by atoms with Gasteiger partial charge in [-0.3, -0.25) is 10.0 Å². The monoisotopic (exact) mass is 423 g/mol. The van der Waals surface area contributed by atoms with E-state index in [4.69, 9.17) is 11.6 Å². The van der Waals surface area contributed by atoms with Gasteiger partial charge in [0.2, 0.25) is 0 Å². The Labute approximate surface area is 184 Å². The number of piperidine rings is 1. The molecule has 5 rings (SSSR count). The lowest BCUT2D eigenvalue weighted by Gasteiger charge is -2.26. The predicted octanol–water partition coefficient (Wildman–Crippen LogP) is 4.72. The average molecular weight is 424 g/mol. The van der Waals surface area contributed by atoms with Crippen LogP contribution in [0.15, 0.2) is 48.2 Å². The molecule has 3 aliphatic heterocycles. The molecule has 30 heavy (non-hydrogen) atoms. The molecule has 158 valence electrons. The van der Waals surface area contributed by atoms with Gasteiger partial charge >= 0.3 is 0 Å². The summed E-state index contributed by atoms with van der Waals surface area (Å²) in [5, 5.41) is 12.5. The van der Waals surface area contributed by atoms with Crippen LogP contribution in [0.5, 0.6) is 0 Å². The number of hydrazine groups is 2. The molecule has 0 amide bonds. The zero-order chi connectivity index (χ0) is 20.7. The zero-order valence-corrected chi connectivity index (χ0v) is 18.5. The third-order valence-corrected chi connectivity index (χ3v) is 6.98. The minimum Gasteiger partial charge on any atom is -0.378 e. The lowest BCUT2D eigenvalue weighted by Crippen LogP contribution is -2.39. The van der Waals surface area contributed by atoms with Crippen LogP contribution >= 0.6 is 11.6 Å². The van der Waals surface area contributed by atoms with E-state index >= 15 is 0 Å². The quantitative estimate of drug-likeness (QED) is 0.666. The standard InChI is InChI=1S/C24H30ClN5/c1-16-24-21-8-3-18(17-9-12-26-13-10-17)15-22(21)23(11-14-30(24)28-29(16)2)27-20-6-4-19(25)5-7-20/h3-8,15,17,23,26-28H,9-14H2,1-2H3. The van der Waals surface area contributed by atoms with E-state index in [0.717, 1.165) is 36.8 Å². The van der Waals surface area contributed by atoms with Crippen molar-refractivity contribution in [2.45, 2.75) is 38.1 Å². The van der Waals surface area contributed by atoms with Crippen molar-refractivity contribution in [3.8, 4) is 0 Å². The SMILES string of the molecule is CC1=C2c3ccc(C4CCNCC4)cc3C(Nc3ccc(Cl)cc3)CCN2NN1C. The summed E-state index contributed by atoms with van der Waals surface area (Å²) in [6.45, 7) is 5.36. The van der Waals surface area contributed by atoms with Gasteiger partial charge in [0.1, 0.15) is 0 Å². The highest BCUT2D eigenvalue weighted by Crippen LogP contribution is 2.40. The Bertz CT molecular complexity index is 949. The van der Waals surface area contributed by atoms with Crippen molar-refractivity contribution in [3.63, 3.8) is 0 Å². The van der Waals surface area contributed by atoms with E-state index in [1.54, 1.807) is 0 Å². The number of halogens is 1. The molecule has 3 aliphatic rings. The molecule has 1 fully saturated rings. The van der Waals surface area contributed by atoms with E-state index in [-0.39, 0.29) is 6.04 Å². The summed E-state index contributed by atoms with van der Waals surface area (Å²) < 4.78 is 0. The molecule has 1 unspecified atom stereocenters. The van der Waals surface area contributed by atoms with Gasteiger partial charge in [0.25, 0.3) is 0 Å². The van der Waals surface area contributed by atoms with Crippen molar-refractivity contribution in [3.05, 3.63) is 69.9 Å². The molecule has 0 radical (unpaired) electrons. The highest BCUT2D eigenvalue weighted by molar-refractivity contribution is 6.30. The van der Waals surface area contributed by atoms with Crippen LogP contribution in [0.4, 0.5) is 5.69 Å². The highest BCUT2D eigenvalue weighted by atomic mass is 35.5. The van der Waals surface area contributed by atoms with Crippen molar-refractivity contribution < 1.29 is 0 Å². The van der Waals surface area contributed by atoms with E-state index < -0.39 is 0 Å². The van der Waals surface area contributed by atoms with Crippen LogP contribution in [0, 0.1) is 0 Å². The van der Waals surface area contributed by atoms with Crippen LogP contribution < -0.4 is 16.2 Å². The number of rotatable bonds is 3. The van der Waals surface area contributed by atoms with Gasteiger partial charge in [-0.05, 0) is 80.6 Å². The van der Waals surface area contributed by atoms with Crippen LogP contribution in [-0.4, -0.2) is 36.7 Å². The highest BCUT2D eigenvalue weighted by Gasteiger charge is 2.32. The van der Waals surface area contributed by atoms with Gasteiger partial charge < -0.3 is 10.6 Å². The van der Waals surface area contributed by atoms with Crippen LogP contribution in [0.3, 0.4) is 0 Å². The van der Waals surface area contributed by atoms with Gasteiger partial charge in [-0.15, -0.1) is 5.53 Å². The normalized spacial score (nSPS) is 22.0. The maximum absolute atomic E-state index is 6.10. The largest absolute Gasteiger partial charge is 0.378 e. The van der Waals surface area contributed by atoms with Crippen LogP contribution in [0.1, 0.15) is 54.8 Å². The number of hydrogen-bond acceptors (Lipinski definition) is 5. The molecule has 6 heteroatoms. The molecule has 3 heterocycles. The third-order valence-electron chi connectivity index (χ3n) is 6.73. The maximum atomic E-state index is 6.10. The van der Waals surface area contributed by atoms with Crippen LogP contribution in [-0.2, 0) is 0 Å². The summed E-state index contributed by atoms with van der Waals surface area (Å²) in [4.78, 5) is 0. The Hall–Kier alpha value is -2.21. The summed E-state index contributed by atoms with van der Waals surface area (Å²) in [5.41, 5.74) is 11.4. The number of nitrogens with zero attached hydrogens (tertiary/aromatic N) is 2. The van der Waals surface area contributed by atoms with Gasteiger partial charge in [-0.25, -0.2) is 0 Å². The first-order valence-corrected chi connectivity index (χ1v) is 11.3. The van der Waals surface area contributed by atoms with E-state index in [1.165, 1.54) is 40.9 Å². The molecule has 0 aliphatic carbocycles. The molecule has 3 N–H and O–H groups in total. The molecule has 0 aromatic heterocycles. The number of anilines is 1. The Morgan fingerprint density at radius 3 is 2.57 bits per heavy atom. The average Bonchev–Trinajstić information content (AvgIpc) is 2.97. The first-order valence-electron chi connectivity index (χ1n) is 11.0. The molecule has 2 aromatic rings. The van der Waals surface area contributed by atoms with Gasteiger partial charge in [-0.2, -0.15) is 0 Å². The molecular weight excluding hydrogens is 394 g/mol. The molecule has 1 atom stereocenters. The third kappa shape index (κ3) is 3.66. The van der Waals surface area contributed by atoms with Gasteiger partial charge in [0.15, 0.2) is 0 Å². The summed E-state index contributed by atoms with van der Waals surface area (Å²) in [7, 11) is 2.09. The predicted molar refractivity (Wildman–Crippen MR) is 124 cm³/mol. The molecule has 0 bridgehead atoms. The van der Waals surface area contributed by atoms with E-state index in [0.29, 0.717) is 5.92 Å². The Morgan fingerprint density at radius 2 is 1.80 bits per heavy atom. The molecular formula is C24H30ClN5. The summed E-state index contributed by atoms with van der Waals surface area (Å²) in [6.07, 6.45) is 3.45. The molecule has 2 aromatic carbocycles. The number of fused-ring (bicyclic) bond motifs is 3. The number of hydrogen-bond donors (Lipinski definition) is 3. The molecule has 0 spiro atoms. The fraction of sp³-hybridized carbons (Fsp3) is 0.417. The summed E-state index contributed by atoms with van der Waals surface area (Å²) >= 11 is 6.10. The second kappa shape index (κ2) is 8.14. The Kier molecular flexibility index (Phi) is 5.35.